The van der Waals surface area contributed by atoms with Crippen molar-refractivity contribution >= 4 is 27.3 Å². The fourth-order valence-electron chi connectivity index (χ4n) is 2.01. The van der Waals surface area contributed by atoms with Gasteiger partial charge in [0.25, 0.3) is 0 Å². The molecule has 2 nitrogen and oxygen atoms in total. The van der Waals surface area contributed by atoms with E-state index in [1.165, 1.54) is 30.6 Å². The number of ether oxygens (including phenoxy) is 1. The molecule has 0 saturated carbocycles. The van der Waals surface area contributed by atoms with Crippen LogP contribution < -0.4 is 10.1 Å². The number of methoxy groups -OCH3 is 1. The second kappa shape index (κ2) is 6.20. The Morgan fingerprint density at radius 2 is 1.85 bits per heavy atom. The molecule has 0 bridgehead atoms. The third kappa shape index (κ3) is 2.87. The van der Waals surface area contributed by atoms with Gasteiger partial charge in [0.2, 0.25) is 0 Å². The molecule has 1 aromatic carbocycles. The van der Waals surface area contributed by atoms with Crippen LogP contribution in [-0.4, -0.2) is 14.2 Å². The Balaban J connectivity index is 2.52. The highest BCUT2D eigenvalue weighted by molar-refractivity contribution is 9.11. The van der Waals surface area contributed by atoms with Gasteiger partial charge in [0, 0.05) is 22.6 Å². The van der Waals surface area contributed by atoms with Gasteiger partial charge in [0.15, 0.2) is 0 Å². The summed E-state index contributed by atoms with van der Waals surface area (Å²) in [4.78, 5) is 0.847. The summed E-state index contributed by atoms with van der Waals surface area (Å²) < 4.78 is 34.2. The maximum absolute atomic E-state index is 14.2. The summed E-state index contributed by atoms with van der Waals surface area (Å²) >= 11 is 4.89. The zero-order chi connectivity index (χ0) is 14.9. The van der Waals surface area contributed by atoms with E-state index in [1.54, 1.807) is 7.05 Å². The van der Waals surface area contributed by atoms with Gasteiger partial charge in [-0.1, -0.05) is 0 Å². The van der Waals surface area contributed by atoms with Crippen LogP contribution in [0.2, 0.25) is 0 Å². The Hall–Kier alpha value is -0.980. The van der Waals surface area contributed by atoms with Crippen LogP contribution >= 0.6 is 27.3 Å². The second-order valence-electron chi connectivity index (χ2n) is 4.33. The van der Waals surface area contributed by atoms with Gasteiger partial charge < -0.3 is 10.1 Å². The van der Waals surface area contributed by atoms with Gasteiger partial charge in [-0.25, -0.2) is 8.78 Å². The normalized spacial score (nSPS) is 12.5. The molecule has 0 saturated heterocycles. The van der Waals surface area contributed by atoms with Crippen LogP contribution in [0.1, 0.15) is 22.0 Å². The van der Waals surface area contributed by atoms with Crippen LogP contribution in [0.4, 0.5) is 8.78 Å². The SMILES string of the molecule is CNC(c1cc(C)c(Br)s1)c1c(F)cc(OC)cc1F. The molecule has 2 aromatic rings. The maximum atomic E-state index is 14.2. The molecule has 1 atom stereocenters. The van der Waals surface area contributed by atoms with Crippen LogP contribution in [0.3, 0.4) is 0 Å². The molecule has 0 aliphatic heterocycles. The first kappa shape index (κ1) is 15.4. The first-order valence-corrected chi connectivity index (χ1v) is 7.55. The average Bonchev–Trinajstić information content (AvgIpc) is 2.73. The topological polar surface area (TPSA) is 21.3 Å². The average molecular weight is 362 g/mol. The van der Waals surface area contributed by atoms with Gasteiger partial charge in [0.1, 0.15) is 17.4 Å². The molecule has 1 heterocycles. The molecular formula is C14H14BrF2NOS. The Kier molecular flexibility index (Phi) is 4.78. The quantitative estimate of drug-likeness (QED) is 0.870. The van der Waals surface area contributed by atoms with Crippen molar-refractivity contribution in [2.45, 2.75) is 13.0 Å². The van der Waals surface area contributed by atoms with Crippen molar-refractivity contribution in [3.8, 4) is 5.75 Å². The monoisotopic (exact) mass is 361 g/mol. The Bertz CT molecular complexity index is 587. The molecule has 6 heteroatoms. The Morgan fingerprint density at radius 3 is 2.25 bits per heavy atom. The van der Waals surface area contributed by atoms with E-state index in [0.717, 1.165) is 14.2 Å². The zero-order valence-corrected chi connectivity index (χ0v) is 13.7. The van der Waals surface area contributed by atoms with Crippen molar-refractivity contribution in [3.63, 3.8) is 0 Å². The predicted molar refractivity (Wildman–Crippen MR) is 80.6 cm³/mol. The summed E-state index contributed by atoms with van der Waals surface area (Å²) in [5, 5.41) is 2.96. The third-order valence-electron chi connectivity index (χ3n) is 3.03. The fourth-order valence-corrected chi connectivity index (χ4v) is 3.70. The summed E-state index contributed by atoms with van der Waals surface area (Å²) in [7, 11) is 3.06. The van der Waals surface area contributed by atoms with Gasteiger partial charge in [-0.15, -0.1) is 11.3 Å². The predicted octanol–water partition coefficient (Wildman–Crippen LogP) is 4.41. The lowest BCUT2D eigenvalue weighted by atomic mass is 10.0. The van der Waals surface area contributed by atoms with E-state index in [1.807, 2.05) is 13.0 Å². The molecule has 108 valence electrons. The number of rotatable bonds is 4. The minimum Gasteiger partial charge on any atom is -0.497 e. The minimum atomic E-state index is -0.622. The van der Waals surface area contributed by atoms with E-state index in [-0.39, 0.29) is 11.3 Å². The highest BCUT2D eigenvalue weighted by Gasteiger charge is 2.23. The van der Waals surface area contributed by atoms with Crippen LogP contribution in [0, 0.1) is 18.6 Å². The van der Waals surface area contributed by atoms with Crippen molar-refractivity contribution in [1.29, 1.82) is 0 Å². The van der Waals surface area contributed by atoms with E-state index in [0.29, 0.717) is 0 Å². The summed E-state index contributed by atoms with van der Waals surface area (Å²) in [5.41, 5.74) is 1.04. The number of halogens is 3. The Labute approximate surface area is 128 Å². The molecule has 1 unspecified atom stereocenters. The van der Waals surface area contributed by atoms with Crippen LogP contribution in [0.15, 0.2) is 22.0 Å². The number of aryl methyl sites for hydroxylation is 1. The number of hydrogen-bond donors (Lipinski definition) is 1. The van der Waals surface area contributed by atoms with Gasteiger partial charge in [0.05, 0.1) is 16.9 Å². The second-order valence-corrected chi connectivity index (χ2v) is 6.73. The van der Waals surface area contributed by atoms with E-state index >= 15 is 0 Å². The Morgan fingerprint density at radius 1 is 1.25 bits per heavy atom. The third-order valence-corrected chi connectivity index (χ3v) is 5.23. The van der Waals surface area contributed by atoms with E-state index in [9.17, 15) is 8.78 Å². The lowest BCUT2D eigenvalue weighted by Gasteiger charge is -2.17. The summed E-state index contributed by atoms with van der Waals surface area (Å²) in [6.07, 6.45) is 0. The molecular weight excluding hydrogens is 348 g/mol. The van der Waals surface area contributed by atoms with Crippen molar-refractivity contribution in [2.75, 3.05) is 14.2 Å². The molecule has 0 spiro atoms. The summed E-state index contributed by atoms with van der Waals surface area (Å²) in [6.45, 7) is 1.94. The van der Waals surface area contributed by atoms with Gasteiger partial charge >= 0.3 is 0 Å². The molecule has 0 aliphatic carbocycles. The first-order chi connectivity index (χ1) is 9.47. The number of benzene rings is 1. The van der Waals surface area contributed by atoms with E-state index < -0.39 is 17.7 Å². The molecule has 20 heavy (non-hydrogen) atoms. The van der Waals surface area contributed by atoms with Crippen molar-refractivity contribution in [3.05, 3.63) is 49.6 Å². The summed E-state index contributed by atoms with van der Waals surface area (Å²) in [5.74, 6) is -1.08. The van der Waals surface area contributed by atoms with Crippen molar-refractivity contribution in [1.82, 2.24) is 5.32 Å². The van der Waals surface area contributed by atoms with Gasteiger partial charge in [-0.05, 0) is 41.5 Å². The zero-order valence-electron chi connectivity index (χ0n) is 11.3. The molecule has 0 fully saturated rings. The van der Waals surface area contributed by atoms with Crippen LogP contribution in [-0.2, 0) is 0 Å². The van der Waals surface area contributed by atoms with Gasteiger partial charge in [-0.2, -0.15) is 0 Å². The maximum Gasteiger partial charge on any atom is 0.134 e. The highest BCUT2D eigenvalue weighted by Crippen LogP contribution is 2.36. The van der Waals surface area contributed by atoms with Crippen LogP contribution in [0.5, 0.6) is 5.75 Å². The molecule has 1 aromatic heterocycles. The number of nitrogens with one attached hydrogen (secondary N) is 1. The molecule has 0 radical (unpaired) electrons. The molecule has 2 rings (SSSR count). The molecule has 1 N–H and O–H groups in total. The molecule has 0 amide bonds. The van der Waals surface area contributed by atoms with Gasteiger partial charge in [-0.3, -0.25) is 0 Å². The minimum absolute atomic E-state index is 0.00190. The van der Waals surface area contributed by atoms with Crippen LogP contribution in [0.25, 0.3) is 0 Å². The number of thiophene rings is 1. The fraction of sp³-hybridized carbons (Fsp3) is 0.286. The van der Waals surface area contributed by atoms with E-state index in [4.69, 9.17) is 4.74 Å². The largest absolute Gasteiger partial charge is 0.497 e. The highest BCUT2D eigenvalue weighted by atomic mass is 79.9. The summed E-state index contributed by atoms with van der Waals surface area (Å²) in [6, 6.07) is 3.77. The standard InChI is InChI=1S/C14H14BrF2NOS/c1-7-4-11(20-14(7)15)13(18-2)12-9(16)5-8(19-3)6-10(12)17/h4-6,13,18H,1-3H3. The lowest BCUT2D eigenvalue weighted by Crippen LogP contribution is -2.19. The first-order valence-electron chi connectivity index (χ1n) is 5.94. The lowest BCUT2D eigenvalue weighted by molar-refractivity contribution is 0.403. The van der Waals surface area contributed by atoms with Crippen molar-refractivity contribution in [2.24, 2.45) is 0 Å². The number of hydrogen-bond acceptors (Lipinski definition) is 3. The van der Waals surface area contributed by atoms with Crippen molar-refractivity contribution < 1.29 is 13.5 Å². The smallest absolute Gasteiger partial charge is 0.134 e. The van der Waals surface area contributed by atoms with E-state index in [2.05, 4.69) is 21.2 Å². The molecule has 0 aliphatic rings.